The van der Waals surface area contributed by atoms with Crippen LogP contribution in [0.2, 0.25) is 0 Å². The maximum Gasteiger partial charge on any atom is 0.239 e. The Morgan fingerprint density at radius 3 is 3.00 bits per heavy atom. The van der Waals surface area contributed by atoms with E-state index in [-0.39, 0.29) is 17.8 Å². The summed E-state index contributed by atoms with van der Waals surface area (Å²) < 4.78 is 16.1. The average molecular weight is 266 g/mol. The van der Waals surface area contributed by atoms with E-state index in [0.717, 1.165) is 19.4 Å². The van der Waals surface area contributed by atoms with Crippen molar-refractivity contribution >= 4 is 5.78 Å². The van der Waals surface area contributed by atoms with Gasteiger partial charge < -0.3 is 14.0 Å². The number of Topliss-reactive ketones (excluding diaryl/α,β-unsaturated/α-hetero) is 1. The molecule has 3 rings (SSSR count). The first-order valence-electron chi connectivity index (χ1n) is 6.87. The van der Waals surface area contributed by atoms with Gasteiger partial charge in [-0.2, -0.15) is 4.98 Å². The largest absolute Gasteiger partial charge is 0.380 e. The zero-order chi connectivity index (χ0) is 13.1. The number of hydrogen-bond acceptors (Lipinski definition) is 6. The van der Waals surface area contributed by atoms with Crippen LogP contribution in [0.4, 0.5) is 0 Å². The SMILES string of the molecule is O=C1CCOCC1c1nc(CC2CCCCO2)no1. The zero-order valence-corrected chi connectivity index (χ0v) is 10.8. The van der Waals surface area contributed by atoms with Crippen molar-refractivity contribution < 1.29 is 18.8 Å². The van der Waals surface area contributed by atoms with E-state index in [1.165, 1.54) is 6.42 Å². The van der Waals surface area contributed by atoms with Gasteiger partial charge in [0.1, 0.15) is 11.7 Å². The molecule has 0 radical (unpaired) electrons. The Morgan fingerprint density at radius 1 is 1.26 bits per heavy atom. The fourth-order valence-electron chi connectivity index (χ4n) is 2.51. The molecule has 6 nitrogen and oxygen atoms in total. The number of nitrogens with zero attached hydrogens (tertiary/aromatic N) is 2. The number of carbonyl (C=O) groups excluding carboxylic acids is 1. The van der Waals surface area contributed by atoms with Crippen LogP contribution in [0.1, 0.15) is 43.3 Å². The Balaban J connectivity index is 1.63. The molecule has 3 heterocycles. The molecule has 0 amide bonds. The highest BCUT2D eigenvalue weighted by Crippen LogP contribution is 2.22. The Bertz CT molecular complexity index is 440. The maximum atomic E-state index is 11.8. The summed E-state index contributed by atoms with van der Waals surface area (Å²) in [6.45, 7) is 1.65. The summed E-state index contributed by atoms with van der Waals surface area (Å²) in [5.41, 5.74) is 0. The molecule has 2 unspecified atom stereocenters. The molecule has 0 N–H and O–H groups in total. The number of hydrogen-bond donors (Lipinski definition) is 0. The molecule has 0 aromatic carbocycles. The maximum absolute atomic E-state index is 11.8. The predicted molar refractivity (Wildman–Crippen MR) is 64.8 cm³/mol. The van der Waals surface area contributed by atoms with Crippen molar-refractivity contribution in [1.29, 1.82) is 0 Å². The summed E-state index contributed by atoms with van der Waals surface area (Å²) in [5, 5.41) is 3.95. The van der Waals surface area contributed by atoms with Gasteiger partial charge in [-0.05, 0) is 19.3 Å². The van der Waals surface area contributed by atoms with E-state index in [4.69, 9.17) is 14.0 Å². The second-order valence-corrected chi connectivity index (χ2v) is 5.09. The second-order valence-electron chi connectivity index (χ2n) is 5.09. The van der Waals surface area contributed by atoms with Crippen LogP contribution >= 0.6 is 0 Å². The van der Waals surface area contributed by atoms with Crippen molar-refractivity contribution in [3.05, 3.63) is 11.7 Å². The lowest BCUT2D eigenvalue weighted by atomic mass is 10.0. The monoisotopic (exact) mass is 266 g/mol. The van der Waals surface area contributed by atoms with E-state index in [9.17, 15) is 4.79 Å². The van der Waals surface area contributed by atoms with Gasteiger partial charge in [0.25, 0.3) is 0 Å². The molecule has 1 aromatic heterocycles. The van der Waals surface area contributed by atoms with E-state index in [1.807, 2.05) is 0 Å². The number of rotatable bonds is 3. The average Bonchev–Trinajstić information content (AvgIpc) is 2.89. The van der Waals surface area contributed by atoms with Gasteiger partial charge in [-0.15, -0.1) is 0 Å². The van der Waals surface area contributed by atoms with Gasteiger partial charge in [-0.25, -0.2) is 0 Å². The van der Waals surface area contributed by atoms with E-state index in [1.54, 1.807) is 0 Å². The summed E-state index contributed by atoms with van der Waals surface area (Å²) in [7, 11) is 0. The molecule has 2 saturated heterocycles. The molecule has 0 spiro atoms. The van der Waals surface area contributed by atoms with Gasteiger partial charge in [-0.3, -0.25) is 4.79 Å². The highest BCUT2D eigenvalue weighted by molar-refractivity contribution is 5.85. The second kappa shape index (κ2) is 5.79. The molecular formula is C13H18N2O4. The van der Waals surface area contributed by atoms with Crippen LogP contribution in [0.25, 0.3) is 0 Å². The summed E-state index contributed by atoms with van der Waals surface area (Å²) in [6, 6.07) is 0. The number of aromatic nitrogens is 2. The van der Waals surface area contributed by atoms with E-state index < -0.39 is 0 Å². The standard InChI is InChI=1S/C13H18N2O4/c16-11-4-6-17-8-10(11)13-14-12(15-19-13)7-9-3-1-2-5-18-9/h9-10H,1-8H2. The smallest absolute Gasteiger partial charge is 0.239 e. The van der Waals surface area contributed by atoms with Gasteiger partial charge in [0.2, 0.25) is 5.89 Å². The highest BCUT2D eigenvalue weighted by Gasteiger charge is 2.30. The first-order valence-corrected chi connectivity index (χ1v) is 6.87. The van der Waals surface area contributed by atoms with Crippen LogP contribution < -0.4 is 0 Å². The topological polar surface area (TPSA) is 74.5 Å². The normalized spacial score (nSPS) is 28.5. The van der Waals surface area contributed by atoms with Crippen molar-refractivity contribution in [3.63, 3.8) is 0 Å². The summed E-state index contributed by atoms with van der Waals surface area (Å²) in [5.74, 6) is 0.744. The lowest BCUT2D eigenvalue weighted by Gasteiger charge is -2.20. The summed E-state index contributed by atoms with van der Waals surface area (Å²) in [4.78, 5) is 16.1. The third kappa shape index (κ3) is 3.01. The molecule has 6 heteroatoms. The van der Waals surface area contributed by atoms with Crippen molar-refractivity contribution in [3.8, 4) is 0 Å². The minimum absolute atomic E-state index is 0.121. The number of ketones is 1. The van der Waals surface area contributed by atoms with Gasteiger partial charge in [0.05, 0.1) is 19.3 Å². The Kier molecular flexibility index (Phi) is 3.89. The molecular weight excluding hydrogens is 248 g/mol. The van der Waals surface area contributed by atoms with Gasteiger partial charge in [0.15, 0.2) is 5.82 Å². The minimum Gasteiger partial charge on any atom is -0.380 e. The molecule has 104 valence electrons. The molecule has 1 aromatic rings. The predicted octanol–water partition coefficient (Wildman–Crippen LogP) is 1.25. The molecule has 0 saturated carbocycles. The zero-order valence-electron chi connectivity index (χ0n) is 10.8. The van der Waals surface area contributed by atoms with E-state index in [2.05, 4.69) is 10.1 Å². The van der Waals surface area contributed by atoms with Gasteiger partial charge in [0, 0.05) is 19.4 Å². The number of carbonyl (C=O) groups is 1. The van der Waals surface area contributed by atoms with E-state index >= 15 is 0 Å². The fourth-order valence-corrected chi connectivity index (χ4v) is 2.51. The number of ether oxygens (including phenoxy) is 2. The first kappa shape index (κ1) is 12.7. The Labute approximate surface area is 111 Å². The molecule has 0 aliphatic carbocycles. The first-order chi connectivity index (χ1) is 9.33. The third-order valence-corrected chi connectivity index (χ3v) is 3.63. The molecule has 0 bridgehead atoms. The lowest BCUT2D eigenvalue weighted by molar-refractivity contribution is -0.127. The summed E-state index contributed by atoms with van der Waals surface area (Å²) in [6.07, 6.45) is 4.61. The van der Waals surface area contributed by atoms with Crippen molar-refractivity contribution in [2.45, 2.75) is 44.1 Å². The van der Waals surface area contributed by atoms with Crippen LogP contribution in [-0.2, 0) is 20.7 Å². The fraction of sp³-hybridized carbons (Fsp3) is 0.769. The molecule has 2 fully saturated rings. The van der Waals surface area contributed by atoms with Crippen molar-refractivity contribution in [2.75, 3.05) is 19.8 Å². The van der Waals surface area contributed by atoms with Gasteiger partial charge >= 0.3 is 0 Å². The van der Waals surface area contributed by atoms with Crippen molar-refractivity contribution in [2.24, 2.45) is 0 Å². The van der Waals surface area contributed by atoms with Gasteiger partial charge in [-0.1, -0.05) is 5.16 Å². The minimum atomic E-state index is -0.387. The molecule has 2 atom stereocenters. The van der Waals surface area contributed by atoms with Crippen LogP contribution in [-0.4, -0.2) is 41.8 Å². The summed E-state index contributed by atoms with van der Waals surface area (Å²) >= 11 is 0. The Hall–Kier alpha value is -1.27. The van der Waals surface area contributed by atoms with Crippen LogP contribution in [0.15, 0.2) is 4.52 Å². The third-order valence-electron chi connectivity index (χ3n) is 3.63. The van der Waals surface area contributed by atoms with Crippen LogP contribution in [0, 0.1) is 0 Å². The molecule has 19 heavy (non-hydrogen) atoms. The van der Waals surface area contributed by atoms with Crippen LogP contribution in [0.5, 0.6) is 0 Å². The van der Waals surface area contributed by atoms with E-state index in [0.29, 0.717) is 37.8 Å². The Morgan fingerprint density at radius 2 is 2.21 bits per heavy atom. The lowest BCUT2D eigenvalue weighted by Crippen LogP contribution is -2.26. The van der Waals surface area contributed by atoms with Crippen LogP contribution in [0.3, 0.4) is 0 Å². The molecule has 2 aliphatic rings. The van der Waals surface area contributed by atoms with Crippen molar-refractivity contribution in [1.82, 2.24) is 10.1 Å². The highest BCUT2D eigenvalue weighted by atomic mass is 16.5. The quantitative estimate of drug-likeness (QED) is 0.819. The molecule has 2 aliphatic heterocycles.